The lowest BCUT2D eigenvalue weighted by Gasteiger charge is -2.20. The van der Waals surface area contributed by atoms with Crippen LogP contribution in [0, 0.1) is 0 Å². The number of nitrogens with one attached hydrogen (secondary N) is 1. The summed E-state index contributed by atoms with van der Waals surface area (Å²) in [6, 6.07) is 8.85. The Hall–Kier alpha value is -0.470. The molecule has 0 bridgehead atoms. The van der Waals surface area contributed by atoms with E-state index in [1.165, 1.54) is 10.5 Å². The van der Waals surface area contributed by atoms with Crippen LogP contribution < -0.4 is 5.32 Å². The molecule has 0 saturated carbocycles. The lowest BCUT2D eigenvalue weighted by Crippen LogP contribution is -2.35. The van der Waals surface area contributed by atoms with Crippen LogP contribution in [0.2, 0.25) is 0 Å². The Morgan fingerprint density at radius 1 is 1.12 bits per heavy atom. The third-order valence-corrected chi connectivity index (χ3v) is 3.13. The minimum Gasteiger partial charge on any atom is -0.308 e. The van der Waals surface area contributed by atoms with Crippen molar-refractivity contribution >= 4 is 11.8 Å². The first-order valence-corrected chi connectivity index (χ1v) is 6.75. The van der Waals surface area contributed by atoms with Crippen molar-refractivity contribution in [3.8, 4) is 0 Å². The zero-order chi connectivity index (χ0) is 12.2. The monoisotopic (exact) mass is 237 g/mol. The summed E-state index contributed by atoms with van der Waals surface area (Å²) >= 11 is 1.91. The van der Waals surface area contributed by atoms with Crippen LogP contribution in [0.4, 0.5) is 0 Å². The number of rotatable bonds is 4. The van der Waals surface area contributed by atoms with Gasteiger partial charge in [-0.05, 0) is 38.5 Å². The molecule has 0 unspecified atom stereocenters. The Kier molecular flexibility index (Phi) is 4.88. The molecule has 0 fully saturated rings. The third-order valence-electron chi connectivity index (χ3n) is 2.12. The normalized spacial score (nSPS) is 12.1. The predicted octanol–water partition coefficient (Wildman–Crippen LogP) is 4.08. The highest BCUT2D eigenvalue weighted by Crippen LogP contribution is 2.22. The van der Waals surface area contributed by atoms with Crippen LogP contribution in [0.3, 0.4) is 0 Å². The van der Waals surface area contributed by atoms with Crippen molar-refractivity contribution in [2.75, 3.05) is 0 Å². The van der Waals surface area contributed by atoms with Crippen molar-refractivity contribution < 1.29 is 0 Å². The molecule has 0 aliphatic heterocycles. The first-order valence-electron chi connectivity index (χ1n) is 5.87. The second kappa shape index (κ2) is 5.74. The summed E-state index contributed by atoms with van der Waals surface area (Å²) in [6.07, 6.45) is 0. The average molecular weight is 237 g/mol. The molecule has 0 radical (unpaired) electrons. The highest BCUT2D eigenvalue weighted by molar-refractivity contribution is 7.99. The molecule has 1 rings (SSSR count). The Morgan fingerprint density at radius 3 is 2.12 bits per heavy atom. The average Bonchev–Trinajstić information content (AvgIpc) is 2.14. The zero-order valence-electron chi connectivity index (χ0n) is 11.0. The van der Waals surface area contributed by atoms with Gasteiger partial charge in [0.25, 0.3) is 0 Å². The van der Waals surface area contributed by atoms with Gasteiger partial charge in [0, 0.05) is 22.2 Å². The molecular weight excluding hydrogens is 214 g/mol. The smallest absolute Gasteiger partial charge is 0.0210 e. The Morgan fingerprint density at radius 2 is 1.69 bits per heavy atom. The largest absolute Gasteiger partial charge is 0.308 e. The maximum atomic E-state index is 3.49. The van der Waals surface area contributed by atoms with Gasteiger partial charge < -0.3 is 5.32 Å². The molecule has 0 aromatic heterocycles. The summed E-state index contributed by atoms with van der Waals surface area (Å²) in [6.45, 7) is 12.0. The molecule has 0 aliphatic carbocycles. The van der Waals surface area contributed by atoms with Gasteiger partial charge >= 0.3 is 0 Å². The topological polar surface area (TPSA) is 12.0 Å². The second-order valence-corrected chi connectivity index (χ2v) is 7.06. The fourth-order valence-electron chi connectivity index (χ4n) is 1.33. The van der Waals surface area contributed by atoms with Crippen LogP contribution in [0.25, 0.3) is 0 Å². The van der Waals surface area contributed by atoms with Crippen LogP contribution in [-0.4, -0.2) is 10.8 Å². The lowest BCUT2D eigenvalue weighted by molar-refractivity contribution is 0.424. The molecule has 0 atom stereocenters. The maximum absolute atomic E-state index is 3.49. The van der Waals surface area contributed by atoms with Crippen LogP contribution in [0.1, 0.15) is 40.2 Å². The summed E-state index contributed by atoms with van der Waals surface area (Å²) in [4.78, 5) is 1.36. The van der Waals surface area contributed by atoms with E-state index in [-0.39, 0.29) is 5.54 Å². The third kappa shape index (κ3) is 5.57. The molecule has 0 heterocycles. The van der Waals surface area contributed by atoms with Gasteiger partial charge in [-0.25, -0.2) is 0 Å². The SMILES string of the molecule is CC(C)Sc1ccc(CNC(C)(C)C)cc1. The van der Waals surface area contributed by atoms with E-state index >= 15 is 0 Å². The highest BCUT2D eigenvalue weighted by atomic mass is 32.2. The van der Waals surface area contributed by atoms with Crippen molar-refractivity contribution in [1.29, 1.82) is 0 Å². The molecule has 1 N–H and O–H groups in total. The quantitative estimate of drug-likeness (QED) is 0.792. The number of benzene rings is 1. The molecular formula is C14H23NS. The molecule has 0 saturated heterocycles. The van der Waals surface area contributed by atoms with Crippen LogP contribution >= 0.6 is 11.8 Å². The van der Waals surface area contributed by atoms with E-state index in [0.29, 0.717) is 5.25 Å². The minimum absolute atomic E-state index is 0.186. The standard InChI is InChI=1S/C14H23NS/c1-11(2)16-13-8-6-12(7-9-13)10-15-14(3,4)5/h6-9,11,15H,10H2,1-5H3. The Balaban J connectivity index is 2.51. The van der Waals surface area contributed by atoms with E-state index in [4.69, 9.17) is 0 Å². The number of hydrogen-bond acceptors (Lipinski definition) is 2. The first kappa shape index (κ1) is 13.6. The summed E-state index contributed by atoms with van der Waals surface area (Å²) in [5.41, 5.74) is 1.54. The molecule has 1 aromatic carbocycles. The Labute approximate surface area is 104 Å². The molecule has 0 spiro atoms. The van der Waals surface area contributed by atoms with Crippen molar-refractivity contribution in [3.63, 3.8) is 0 Å². The van der Waals surface area contributed by atoms with E-state index in [1.54, 1.807) is 0 Å². The molecule has 2 heteroatoms. The van der Waals surface area contributed by atoms with E-state index in [2.05, 4.69) is 64.2 Å². The van der Waals surface area contributed by atoms with Crippen LogP contribution in [-0.2, 0) is 6.54 Å². The molecule has 1 nitrogen and oxygen atoms in total. The van der Waals surface area contributed by atoms with Crippen LogP contribution in [0.15, 0.2) is 29.2 Å². The van der Waals surface area contributed by atoms with Gasteiger partial charge in [0.2, 0.25) is 0 Å². The van der Waals surface area contributed by atoms with Gasteiger partial charge in [-0.1, -0.05) is 26.0 Å². The molecule has 0 aliphatic rings. The van der Waals surface area contributed by atoms with Crippen molar-refractivity contribution in [3.05, 3.63) is 29.8 Å². The summed E-state index contributed by atoms with van der Waals surface area (Å²) in [5.74, 6) is 0. The van der Waals surface area contributed by atoms with Gasteiger partial charge in [0.1, 0.15) is 0 Å². The second-order valence-electron chi connectivity index (χ2n) is 5.41. The van der Waals surface area contributed by atoms with Gasteiger partial charge in [0.15, 0.2) is 0 Å². The van der Waals surface area contributed by atoms with E-state index in [9.17, 15) is 0 Å². The molecule has 1 aromatic rings. The van der Waals surface area contributed by atoms with Gasteiger partial charge in [-0.3, -0.25) is 0 Å². The highest BCUT2D eigenvalue weighted by Gasteiger charge is 2.08. The van der Waals surface area contributed by atoms with Gasteiger partial charge in [-0.15, -0.1) is 11.8 Å². The fourth-order valence-corrected chi connectivity index (χ4v) is 2.16. The van der Waals surface area contributed by atoms with Gasteiger partial charge in [-0.2, -0.15) is 0 Å². The number of hydrogen-bond donors (Lipinski definition) is 1. The van der Waals surface area contributed by atoms with E-state index in [1.807, 2.05) is 11.8 Å². The van der Waals surface area contributed by atoms with E-state index in [0.717, 1.165) is 6.54 Å². The Bertz CT molecular complexity index is 309. The summed E-state index contributed by atoms with van der Waals surface area (Å²) in [5, 5.41) is 4.14. The maximum Gasteiger partial charge on any atom is 0.0210 e. The van der Waals surface area contributed by atoms with Gasteiger partial charge in [0.05, 0.1) is 0 Å². The van der Waals surface area contributed by atoms with Crippen molar-refractivity contribution in [2.24, 2.45) is 0 Å². The van der Waals surface area contributed by atoms with Crippen molar-refractivity contribution in [2.45, 2.75) is 56.8 Å². The van der Waals surface area contributed by atoms with Crippen LogP contribution in [0.5, 0.6) is 0 Å². The zero-order valence-corrected chi connectivity index (χ0v) is 11.8. The van der Waals surface area contributed by atoms with E-state index < -0.39 is 0 Å². The lowest BCUT2D eigenvalue weighted by atomic mass is 10.1. The fraction of sp³-hybridized carbons (Fsp3) is 0.571. The molecule has 0 amide bonds. The molecule has 90 valence electrons. The summed E-state index contributed by atoms with van der Waals surface area (Å²) < 4.78 is 0. The van der Waals surface area contributed by atoms with Crippen molar-refractivity contribution in [1.82, 2.24) is 5.32 Å². The summed E-state index contributed by atoms with van der Waals surface area (Å²) in [7, 11) is 0. The predicted molar refractivity (Wildman–Crippen MR) is 74.0 cm³/mol. The number of thioether (sulfide) groups is 1. The minimum atomic E-state index is 0.186. The first-order chi connectivity index (χ1) is 7.37. The molecule has 16 heavy (non-hydrogen) atoms.